The third-order valence-corrected chi connectivity index (χ3v) is 3.15. The summed E-state index contributed by atoms with van der Waals surface area (Å²) >= 11 is 0. The highest BCUT2D eigenvalue weighted by Gasteiger charge is 2.28. The van der Waals surface area contributed by atoms with Crippen LogP contribution >= 0.6 is 0 Å². The van der Waals surface area contributed by atoms with Crippen LogP contribution in [-0.2, 0) is 9.53 Å². The van der Waals surface area contributed by atoms with Crippen molar-refractivity contribution >= 4 is 14.0 Å². The van der Waals surface area contributed by atoms with Crippen molar-refractivity contribution in [1.29, 1.82) is 0 Å². The Labute approximate surface area is 92.6 Å². The molecule has 15 heavy (non-hydrogen) atoms. The molecule has 0 aromatic heterocycles. The lowest BCUT2D eigenvalue weighted by Gasteiger charge is -2.09. The first-order valence-corrected chi connectivity index (χ1v) is 8.79. The fourth-order valence-electron chi connectivity index (χ4n) is 1.49. The summed E-state index contributed by atoms with van der Waals surface area (Å²) in [5, 5.41) is 3.19. The van der Waals surface area contributed by atoms with Crippen molar-refractivity contribution in [3.05, 3.63) is 0 Å². The molecule has 0 saturated carbocycles. The molecule has 0 spiro atoms. The average Bonchev–Trinajstić information content (AvgIpc) is 2.61. The molecule has 1 saturated heterocycles. The molecule has 3 nitrogen and oxygen atoms in total. The minimum Gasteiger partial charge on any atom is -0.468 e. The maximum Gasteiger partial charge on any atom is 0.322 e. The Bertz CT molecular complexity index is 298. The number of rotatable bonds is 1. The van der Waals surface area contributed by atoms with Gasteiger partial charge in [0.2, 0.25) is 0 Å². The number of hydrogen-bond acceptors (Lipinski definition) is 3. The minimum atomic E-state index is -1.30. The van der Waals surface area contributed by atoms with Gasteiger partial charge < -0.3 is 4.74 Å². The SMILES string of the molecule is COC(=O)C1CCC(C#C[Si](C)(C)C)N1. The summed E-state index contributed by atoms with van der Waals surface area (Å²) in [4.78, 5) is 11.2. The fourth-order valence-corrected chi connectivity index (χ4v) is 2.10. The molecule has 1 N–H and O–H groups in total. The number of ether oxygens (including phenoxy) is 1. The van der Waals surface area contributed by atoms with E-state index in [-0.39, 0.29) is 18.1 Å². The average molecular weight is 225 g/mol. The summed E-state index contributed by atoms with van der Waals surface area (Å²) in [6.45, 7) is 6.65. The summed E-state index contributed by atoms with van der Waals surface area (Å²) in [6.07, 6.45) is 1.77. The van der Waals surface area contributed by atoms with Gasteiger partial charge in [-0.05, 0) is 12.8 Å². The normalized spacial score (nSPS) is 25.6. The molecule has 1 rings (SSSR count). The van der Waals surface area contributed by atoms with Crippen LogP contribution in [0.15, 0.2) is 0 Å². The molecule has 2 unspecified atom stereocenters. The van der Waals surface area contributed by atoms with Crippen LogP contribution in [0.25, 0.3) is 0 Å². The molecule has 0 aromatic rings. The first kappa shape index (κ1) is 12.3. The Balaban J connectivity index is 2.49. The predicted octanol–water partition coefficient (Wildman–Crippen LogP) is 1.16. The van der Waals surface area contributed by atoms with Gasteiger partial charge >= 0.3 is 5.97 Å². The maximum atomic E-state index is 11.2. The van der Waals surface area contributed by atoms with Crippen LogP contribution in [0.4, 0.5) is 0 Å². The zero-order valence-electron chi connectivity index (χ0n) is 9.89. The zero-order chi connectivity index (χ0) is 11.5. The van der Waals surface area contributed by atoms with Crippen LogP contribution in [0, 0.1) is 11.5 Å². The number of esters is 1. The van der Waals surface area contributed by atoms with E-state index in [2.05, 4.69) is 41.2 Å². The molecule has 2 atom stereocenters. The summed E-state index contributed by atoms with van der Waals surface area (Å²) in [7, 11) is 0.122. The second-order valence-corrected chi connectivity index (χ2v) is 9.64. The van der Waals surface area contributed by atoms with Crippen LogP contribution in [0.3, 0.4) is 0 Å². The second-order valence-electron chi connectivity index (χ2n) is 4.89. The van der Waals surface area contributed by atoms with Gasteiger partial charge in [-0.25, -0.2) is 0 Å². The number of carbonyl (C=O) groups excluding carboxylic acids is 1. The Hall–Kier alpha value is -0.793. The molecule has 0 radical (unpaired) electrons. The van der Waals surface area contributed by atoms with Crippen LogP contribution in [-0.4, -0.2) is 33.2 Å². The summed E-state index contributed by atoms with van der Waals surface area (Å²) in [6, 6.07) is 0.0109. The molecule has 84 valence electrons. The molecule has 1 aliphatic rings. The van der Waals surface area contributed by atoms with Gasteiger partial charge in [-0.1, -0.05) is 25.6 Å². The van der Waals surface area contributed by atoms with Crippen LogP contribution in [0.5, 0.6) is 0 Å². The van der Waals surface area contributed by atoms with Crippen LogP contribution < -0.4 is 5.32 Å². The smallest absolute Gasteiger partial charge is 0.322 e. The second kappa shape index (κ2) is 4.82. The first-order chi connectivity index (χ1) is 6.92. The monoisotopic (exact) mass is 225 g/mol. The maximum absolute atomic E-state index is 11.2. The molecule has 4 heteroatoms. The first-order valence-electron chi connectivity index (χ1n) is 5.29. The highest BCUT2D eigenvalue weighted by molar-refractivity contribution is 6.83. The molecule has 0 bridgehead atoms. The number of nitrogens with one attached hydrogen (secondary N) is 1. The largest absolute Gasteiger partial charge is 0.468 e. The van der Waals surface area contributed by atoms with E-state index in [4.69, 9.17) is 0 Å². The Morgan fingerprint density at radius 3 is 2.60 bits per heavy atom. The van der Waals surface area contributed by atoms with Crippen LogP contribution in [0.1, 0.15) is 12.8 Å². The van der Waals surface area contributed by atoms with Gasteiger partial charge in [-0.2, -0.15) is 0 Å². The van der Waals surface area contributed by atoms with E-state index in [1.807, 2.05) is 0 Å². The van der Waals surface area contributed by atoms with Gasteiger partial charge in [-0.15, -0.1) is 5.54 Å². The van der Waals surface area contributed by atoms with Gasteiger partial charge in [0, 0.05) is 0 Å². The summed E-state index contributed by atoms with van der Waals surface area (Å²) < 4.78 is 4.69. The van der Waals surface area contributed by atoms with Gasteiger partial charge in [0.15, 0.2) is 0 Å². The zero-order valence-corrected chi connectivity index (χ0v) is 10.9. The lowest BCUT2D eigenvalue weighted by atomic mass is 10.2. The van der Waals surface area contributed by atoms with Crippen LogP contribution in [0.2, 0.25) is 19.6 Å². The Morgan fingerprint density at radius 1 is 1.40 bits per heavy atom. The van der Waals surface area contributed by atoms with Crippen molar-refractivity contribution in [3.63, 3.8) is 0 Å². The van der Waals surface area contributed by atoms with E-state index in [1.54, 1.807) is 0 Å². The van der Waals surface area contributed by atoms with E-state index in [0.717, 1.165) is 12.8 Å². The van der Waals surface area contributed by atoms with Crippen molar-refractivity contribution in [1.82, 2.24) is 5.32 Å². The Morgan fingerprint density at radius 2 is 2.07 bits per heavy atom. The van der Waals surface area contributed by atoms with E-state index in [1.165, 1.54) is 7.11 Å². The highest BCUT2D eigenvalue weighted by atomic mass is 28.3. The van der Waals surface area contributed by atoms with E-state index in [0.29, 0.717) is 0 Å². The van der Waals surface area contributed by atoms with Crippen molar-refractivity contribution < 1.29 is 9.53 Å². The predicted molar refractivity (Wildman–Crippen MR) is 63.1 cm³/mol. The van der Waals surface area contributed by atoms with Gasteiger partial charge in [0.25, 0.3) is 0 Å². The third-order valence-electron chi connectivity index (χ3n) is 2.25. The molecule has 0 aliphatic carbocycles. The van der Waals surface area contributed by atoms with Crippen molar-refractivity contribution in [2.45, 2.75) is 44.6 Å². The molecule has 1 aliphatic heterocycles. The topological polar surface area (TPSA) is 38.3 Å². The van der Waals surface area contributed by atoms with E-state index in [9.17, 15) is 4.79 Å². The molecule has 1 heterocycles. The molecular weight excluding hydrogens is 206 g/mol. The lowest BCUT2D eigenvalue weighted by Crippen LogP contribution is -2.35. The number of methoxy groups -OCH3 is 1. The number of hydrogen-bond donors (Lipinski definition) is 1. The third kappa shape index (κ3) is 4.06. The van der Waals surface area contributed by atoms with Crippen molar-refractivity contribution in [2.75, 3.05) is 7.11 Å². The molecule has 1 fully saturated rings. The minimum absolute atomic E-state index is 0.157. The van der Waals surface area contributed by atoms with Crippen molar-refractivity contribution in [2.24, 2.45) is 0 Å². The summed E-state index contributed by atoms with van der Waals surface area (Å²) in [5.41, 5.74) is 3.32. The quantitative estimate of drug-likeness (QED) is 0.413. The fraction of sp³-hybridized carbons (Fsp3) is 0.727. The molecular formula is C11H19NO2Si. The van der Waals surface area contributed by atoms with Gasteiger partial charge in [-0.3, -0.25) is 10.1 Å². The van der Waals surface area contributed by atoms with Gasteiger partial charge in [0.05, 0.1) is 13.2 Å². The molecule has 0 aromatic carbocycles. The summed E-state index contributed by atoms with van der Waals surface area (Å²) in [5.74, 6) is 3.05. The van der Waals surface area contributed by atoms with E-state index < -0.39 is 8.07 Å². The van der Waals surface area contributed by atoms with E-state index >= 15 is 0 Å². The van der Waals surface area contributed by atoms with Crippen molar-refractivity contribution in [3.8, 4) is 11.5 Å². The van der Waals surface area contributed by atoms with Gasteiger partial charge in [0.1, 0.15) is 14.1 Å². The number of carbonyl (C=O) groups is 1. The Kier molecular flexibility index (Phi) is 3.94. The highest BCUT2D eigenvalue weighted by Crippen LogP contribution is 2.13. The molecule has 0 amide bonds. The lowest BCUT2D eigenvalue weighted by molar-refractivity contribution is -0.142. The standard InChI is InChI=1S/C11H19NO2Si/c1-14-11(13)10-6-5-9(12-10)7-8-15(2,3)4/h9-10,12H,5-6H2,1-4H3.